The van der Waals surface area contributed by atoms with Crippen LogP contribution in [0, 0.1) is 5.92 Å². The van der Waals surface area contributed by atoms with Crippen LogP contribution in [0.15, 0.2) is 54.6 Å². The lowest BCUT2D eigenvalue weighted by Gasteiger charge is -2.42. The molecule has 2 amide bonds. The van der Waals surface area contributed by atoms with Gasteiger partial charge in [-0.15, -0.1) is 0 Å². The van der Waals surface area contributed by atoms with Crippen LogP contribution >= 0.6 is 0 Å². The maximum Gasteiger partial charge on any atom is 0.251 e. The van der Waals surface area contributed by atoms with E-state index in [0.29, 0.717) is 19.6 Å². The Bertz CT molecular complexity index is 863. The lowest BCUT2D eigenvalue weighted by atomic mass is 9.83. The van der Waals surface area contributed by atoms with E-state index < -0.39 is 11.5 Å². The summed E-state index contributed by atoms with van der Waals surface area (Å²) in [7, 11) is 0. The fraction of sp³-hybridized carbons (Fsp3) is 0.391. The fourth-order valence-corrected chi connectivity index (χ4v) is 4.05. The van der Waals surface area contributed by atoms with Crippen molar-refractivity contribution >= 4 is 11.8 Å². The lowest BCUT2D eigenvalue weighted by molar-refractivity contribution is -0.166. The molecule has 1 unspecified atom stereocenters. The number of amides is 2. The predicted octanol–water partition coefficient (Wildman–Crippen LogP) is 2.78. The van der Waals surface area contributed by atoms with Gasteiger partial charge in [-0.2, -0.15) is 0 Å². The molecule has 5 nitrogen and oxygen atoms in total. The topological polar surface area (TPSA) is 72.6 Å². The molecule has 2 fully saturated rings. The van der Waals surface area contributed by atoms with E-state index in [1.807, 2.05) is 36.4 Å². The molecule has 1 aliphatic carbocycles. The number of hydrogen-bond donors (Lipinski definition) is 1. The van der Waals surface area contributed by atoms with Crippen LogP contribution in [-0.2, 0) is 20.7 Å². The summed E-state index contributed by atoms with van der Waals surface area (Å²) >= 11 is 0. The third-order valence-electron chi connectivity index (χ3n) is 5.92. The number of hydrogen-bond acceptors (Lipinski definition) is 3. The number of benzene rings is 2. The van der Waals surface area contributed by atoms with Crippen molar-refractivity contribution in [3.05, 3.63) is 60.2 Å². The van der Waals surface area contributed by atoms with E-state index in [1.54, 1.807) is 4.90 Å². The summed E-state index contributed by atoms with van der Waals surface area (Å²) in [6.07, 6.45) is 3.35. The second kappa shape index (κ2) is 7.76. The maximum absolute atomic E-state index is 12.7. The highest BCUT2D eigenvalue weighted by molar-refractivity contribution is 5.86. The first-order valence-corrected chi connectivity index (χ1v) is 9.94. The molecular weight excluding hydrogens is 352 g/mol. The molecular formula is C23H26N2O3. The highest BCUT2D eigenvalue weighted by Crippen LogP contribution is 2.31. The highest BCUT2D eigenvalue weighted by Gasteiger charge is 2.45. The summed E-state index contributed by atoms with van der Waals surface area (Å²) < 4.78 is 5.92. The minimum atomic E-state index is -1.17. The zero-order valence-corrected chi connectivity index (χ0v) is 16.0. The summed E-state index contributed by atoms with van der Waals surface area (Å²) in [5.41, 5.74) is 7.77. The summed E-state index contributed by atoms with van der Waals surface area (Å²) in [6, 6.07) is 18.2. The highest BCUT2D eigenvalue weighted by atomic mass is 16.5. The molecule has 2 aliphatic rings. The zero-order valence-electron chi connectivity index (χ0n) is 16.0. The molecule has 2 aromatic carbocycles. The van der Waals surface area contributed by atoms with Crippen LogP contribution in [0.3, 0.4) is 0 Å². The van der Waals surface area contributed by atoms with Gasteiger partial charge in [0.15, 0.2) is 5.60 Å². The molecule has 2 aromatic rings. The van der Waals surface area contributed by atoms with Crippen LogP contribution in [0.2, 0.25) is 0 Å². The molecule has 1 atom stereocenters. The van der Waals surface area contributed by atoms with Gasteiger partial charge in [-0.3, -0.25) is 9.59 Å². The molecule has 1 heterocycles. The Balaban J connectivity index is 1.56. The standard InChI is InChI=1S/C23H26N2O3/c24-22(27)23(16-25(12-13-28-23)21(26)19-9-5-10-19)15-17-6-4-11-20(14-17)18-7-2-1-3-8-18/h1-4,6-8,11,14,19H,5,9-10,12-13,15-16H2,(H2,24,27). The fourth-order valence-electron chi connectivity index (χ4n) is 4.05. The van der Waals surface area contributed by atoms with Crippen LogP contribution in [0.4, 0.5) is 0 Å². The first-order chi connectivity index (χ1) is 13.6. The van der Waals surface area contributed by atoms with E-state index in [4.69, 9.17) is 10.5 Å². The smallest absolute Gasteiger partial charge is 0.251 e. The van der Waals surface area contributed by atoms with Crippen molar-refractivity contribution in [2.45, 2.75) is 31.3 Å². The predicted molar refractivity (Wildman–Crippen MR) is 107 cm³/mol. The largest absolute Gasteiger partial charge is 0.367 e. The molecule has 2 N–H and O–H groups in total. The number of nitrogens with zero attached hydrogens (tertiary/aromatic N) is 1. The van der Waals surface area contributed by atoms with Gasteiger partial charge >= 0.3 is 0 Å². The minimum Gasteiger partial charge on any atom is -0.367 e. The SMILES string of the molecule is NC(=O)C1(Cc2cccc(-c3ccccc3)c2)CN(C(=O)C2CCC2)CCO1. The van der Waals surface area contributed by atoms with Gasteiger partial charge in [-0.1, -0.05) is 61.0 Å². The summed E-state index contributed by atoms with van der Waals surface area (Å²) in [5, 5.41) is 0. The first kappa shape index (κ1) is 18.7. The van der Waals surface area contributed by atoms with Crippen molar-refractivity contribution in [1.82, 2.24) is 4.90 Å². The van der Waals surface area contributed by atoms with Crippen molar-refractivity contribution in [3.8, 4) is 11.1 Å². The first-order valence-electron chi connectivity index (χ1n) is 9.94. The van der Waals surface area contributed by atoms with Crippen molar-refractivity contribution in [2.75, 3.05) is 19.7 Å². The Kier molecular flexibility index (Phi) is 5.18. The average molecular weight is 378 g/mol. The third kappa shape index (κ3) is 3.67. The van der Waals surface area contributed by atoms with E-state index in [-0.39, 0.29) is 18.4 Å². The van der Waals surface area contributed by atoms with Gasteiger partial charge in [0.1, 0.15) is 0 Å². The lowest BCUT2D eigenvalue weighted by Crippen LogP contribution is -2.62. The summed E-state index contributed by atoms with van der Waals surface area (Å²) in [5.74, 6) is -0.271. The molecule has 0 spiro atoms. The normalized spacial score (nSPS) is 22.5. The molecule has 1 saturated heterocycles. The van der Waals surface area contributed by atoms with Crippen molar-refractivity contribution in [1.29, 1.82) is 0 Å². The molecule has 4 rings (SSSR count). The van der Waals surface area contributed by atoms with Crippen LogP contribution in [0.25, 0.3) is 11.1 Å². The van der Waals surface area contributed by atoms with E-state index >= 15 is 0 Å². The van der Waals surface area contributed by atoms with Crippen molar-refractivity contribution in [3.63, 3.8) is 0 Å². The van der Waals surface area contributed by atoms with Crippen LogP contribution < -0.4 is 5.73 Å². The van der Waals surface area contributed by atoms with Gasteiger partial charge < -0.3 is 15.4 Å². The Hall–Kier alpha value is -2.66. The minimum absolute atomic E-state index is 0.102. The van der Waals surface area contributed by atoms with Crippen LogP contribution in [-0.4, -0.2) is 42.0 Å². The van der Waals surface area contributed by atoms with Gasteiger partial charge in [0.2, 0.25) is 5.91 Å². The monoisotopic (exact) mass is 378 g/mol. The second-order valence-corrected chi connectivity index (χ2v) is 7.84. The average Bonchev–Trinajstić information content (AvgIpc) is 2.67. The quantitative estimate of drug-likeness (QED) is 0.870. The number of primary amides is 1. The Morgan fingerprint density at radius 1 is 1.07 bits per heavy atom. The van der Waals surface area contributed by atoms with Crippen molar-refractivity contribution < 1.29 is 14.3 Å². The Morgan fingerprint density at radius 3 is 2.50 bits per heavy atom. The van der Waals surface area contributed by atoms with E-state index in [2.05, 4.69) is 18.2 Å². The molecule has 0 bridgehead atoms. The second-order valence-electron chi connectivity index (χ2n) is 7.84. The summed E-state index contributed by atoms with van der Waals surface area (Å²) in [6.45, 7) is 1.08. The van der Waals surface area contributed by atoms with Crippen LogP contribution in [0.5, 0.6) is 0 Å². The van der Waals surface area contributed by atoms with E-state index in [1.165, 1.54) is 0 Å². The number of morpholine rings is 1. The molecule has 1 saturated carbocycles. The molecule has 0 radical (unpaired) electrons. The van der Waals surface area contributed by atoms with Gasteiger partial charge in [0.25, 0.3) is 5.91 Å². The Labute approximate surface area is 165 Å². The third-order valence-corrected chi connectivity index (χ3v) is 5.92. The number of nitrogens with two attached hydrogens (primary N) is 1. The van der Waals surface area contributed by atoms with Crippen molar-refractivity contribution in [2.24, 2.45) is 11.7 Å². The molecule has 0 aromatic heterocycles. The molecule has 28 heavy (non-hydrogen) atoms. The van der Waals surface area contributed by atoms with Gasteiger partial charge in [-0.05, 0) is 29.5 Å². The van der Waals surface area contributed by atoms with E-state index in [9.17, 15) is 9.59 Å². The molecule has 5 heteroatoms. The maximum atomic E-state index is 12.7. The number of rotatable bonds is 5. The van der Waals surface area contributed by atoms with Gasteiger partial charge in [-0.25, -0.2) is 0 Å². The van der Waals surface area contributed by atoms with Gasteiger partial charge in [0, 0.05) is 18.9 Å². The number of carbonyl (C=O) groups is 2. The Morgan fingerprint density at radius 2 is 1.82 bits per heavy atom. The summed E-state index contributed by atoms with van der Waals surface area (Å²) in [4.78, 5) is 26.9. The van der Waals surface area contributed by atoms with Crippen LogP contribution in [0.1, 0.15) is 24.8 Å². The number of carbonyl (C=O) groups excluding carboxylic acids is 2. The van der Waals surface area contributed by atoms with Gasteiger partial charge in [0.05, 0.1) is 13.2 Å². The number of ether oxygens (including phenoxy) is 1. The van der Waals surface area contributed by atoms with E-state index in [0.717, 1.165) is 36.0 Å². The zero-order chi connectivity index (χ0) is 19.6. The molecule has 146 valence electrons. The molecule has 1 aliphatic heterocycles.